The zero-order valence-electron chi connectivity index (χ0n) is 5.65. The number of rotatable bonds is 1. The summed E-state index contributed by atoms with van der Waals surface area (Å²) in [6.45, 7) is 4.07. The van der Waals surface area contributed by atoms with Crippen LogP contribution in [0.1, 0.15) is 26.7 Å². The average Bonchev–Trinajstić information content (AvgIpc) is 2.13. The van der Waals surface area contributed by atoms with Crippen LogP contribution in [0.15, 0.2) is 5.16 Å². The minimum absolute atomic E-state index is 0.128. The third-order valence-electron chi connectivity index (χ3n) is 1.63. The van der Waals surface area contributed by atoms with E-state index in [1.54, 1.807) is 0 Å². The van der Waals surface area contributed by atoms with Crippen molar-refractivity contribution in [3.63, 3.8) is 0 Å². The van der Waals surface area contributed by atoms with Crippen LogP contribution in [-0.4, -0.2) is 10.8 Å². The Kier molecular flexibility index (Phi) is 1.66. The van der Waals surface area contributed by atoms with Gasteiger partial charge in [-0.2, -0.15) is 0 Å². The predicted octanol–water partition coefficient (Wildman–Crippen LogP) is 2.13. The summed E-state index contributed by atoms with van der Waals surface area (Å²) in [7, 11) is 0. The molecule has 0 saturated heterocycles. The van der Waals surface area contributed by atoms with Crippen LogP contribution in [0, 0.1) is 0 Å². The zero-order valence-corrected chi connectivity index (χ0v) is 6.40. The first-order valence-electron chi connectivity index (χ1n) is 3.07. The van der Waals surface area contributed by atoms with E-state index in [0.29, 0.717) is 5.17 Å². The molecule has 0 aromatic carbocycles. The summed E-state index contributed by atoms with van der Waals surface area (Å²) < 4.78 is 0. The third-order valence-corrected chi connectivity index (χ3v) is 1.84. The van der Waals surface area contributed by atoms with E-state index in [4.69, 9.17) is 16.4 Å². The standard InChI is InChI=1S/C6H10ClNO/c1-3-6(2)4-5(7)8-9-6/h3-4H2,1-2H3. The summed E-state index contributed by atoms with van der Waals surface area (Å²) in [6, 6.07) is 0. The second-order valence-electron chi connectivity index (χ2n) is 2.54. The summed E-state index contributed by atoms with van der Waals surface area (Å²) in [4.78, 5) is 5.06. The summed E-state index contributed by atoms with van der Waals surface area (Å²) in [5.74, 6) is 0. The molecule has 2 nitrogen and oxygen atoms in total. The van der Waals surface area contributed by atoms with Gasteiger partial charge in [0.1, 0.15) is 10.8 Å². The van der Waals surface area contributed by atoms with Gasteiger partial charge in [0, 0.05) is 6.42 Å². The Morgan fingerprint density at radius 2 is 2.56 bits per heavy atom. The molecule has 0 aromatic rings. The van der Waals surface area contributed by atoms with Crippen molar-refractivity contribution in [2.45, 2.75) is 32.3 Å². The monoisotopic (exact) mass is 147 g/mol. The molecule has 52 valence electrons. The van der Waals surface area contributed by atoms with Crippen molar-refractivity contribution in [3.8, 4) is 0 Å². The quantitative estimate of drug-likeness (QED) is 0.557. The minimum atomic E-state index is -0.128. The molecule has 1 aliphatic heterocycles. The van der Waals surface area contributed by atoms with Crippen molar-refractivity contribution in [2.24, 2.45) is 5.16 Å². The first-order valence-corrected chi connectivity index (χ1v) is 3.45. The highest BCUT2D eigenvalue weighted by Crippen LogP contribution is 2.27. The normalized spacial score (nSPS) is 33.9. The molecule has 0 N–H and O–H groups in total. The Labute approximate surface area is 59.8 Å². The topological polar surface area (TPSA) is 21.6 Å². The molecule has 0 aliphatic carbocycles. The lowest BCUT2D eigenvalue weighted by Crippen LogP contribution is -2.22. The van der Waals surface area contributed by atoms with Crippen molar-refractivity contribution in [2.75, 3.05) is 0 Å². The fourth-order valence-electron chi connectivity index (χ4n) is 0.722. The van der Waals surface area contributed by atoms with E-state index in [1.165, 1.54) is 0 Å². The van der Waals surface area contributed by atoms with Crippen LogP contribution in [0.5, 0.6) is 0 Å². The number of nitrogens with zero attached hydrogens (tertiary/aromatic N) is 1. The maximum Gasteiger partial charge on any atom is 0.149 e. The van der Waals surface area contributed by atoms with Crippen LogP contribution >= 0.6 is 11.6 Å². The molecule has 0 bridgehead atoms. The molecular formula is C6H10ClNO. The van der Waals surface area contributed by atoms with E-state index in [9.17, 15) is 0 Å². The molecule has 1 heterocycles. The Hall–Kier alpha value is -0.240. The molecule has 1 unspecified atom stereocenters. The highest BCUT2D eigenvalue weighted by molar-refractivity contribution is 6.65. The second kappa shape index (κ2) is 2.18. The first kappa shape index (κ1) is 6.87. The maximum absolute atomic E-state index is 5.60. The molecule has 0 spiro atoms. The van der Waals surface area contributed by atoms with E-state index in [-0.39, 0.29) is 5.60 Å². The molecule has 0 fully saturated rings. The van der Waals surface area contributed by atoms with Gasteiger partial charge in [0.15, 0.2) is 0 Å². The van der Waals surface area contributed by atoms with Crippen LogP contribution in [0.3, 0.4) is 0 Å². The number of hydrogen-bond donors (Lipinski definition) is 0. The number of hydrogen-bond acceptors (Lipinski definition) is 2. The highest BCUT2D eigenvalue weighted by Gasteiger charge is 2.31. The Bertz CT molecular complexity index is 146. The largest absolute Gasteiger partial charge is 0.388 e. The summed E-state index contributed by atoms with van der Waals surface area (Å²) in [6.07, 6.45) is 1.71. The van der Waals surface area contributed by atoms with Gasteiger partial charge in [-0.3, -0.25) is 0 Å². The van der Waals surface area contributed by atoms with Gasteiger partial charge in [-0.25, -0.2) is 0 Å². The van der Waals surface area contributed by atoms with Gasteiger partial charge >= 0.3 is 0 Å². The van der Waals surface area contributed by atoms with Crippen LogP contribution in [-0.2, 0) is 4.84 Å². The van der Waals surface area contributed by atoms with Gasteiger partial charge in [-0.15, -0.1) is 0 Å². The highest BCUT2D eigenvalue weighted by atomic mass is 35.5. The number of halogens is 1. The summed E-state index contributed by atoms with van der Waals surface area (Å²) in [5.41, 5.74) is -0.128. The lowest BCUT2D eigenvalue weighted by molar-refractivity contribution is -0.00604. The van der Waals surface area contributed by atoms with Crippen molar-refractivity contribution in [3.05, 3.63) is 0 Å². The van der Waals surface area contributed by atoms with Gasteiger partial charge in [-0.1, -0.05) is 23.7 Å². The molecule has 0 amide bonds. The van der Waals surface area contributed by atoms with Crippen LogP contribution in [0.25, 0.3) is 0 Å². The lowest BCUT2D eigenvalue weighted by Gasteiger charge is -2.17. The SMILES string of the molecule is CCC1(C)CC(Cl)=NO1. The summed E-state index contributed by atoms with van der Waals surface area (Å²) in [5, 5.41) is 4.22. The van der Waals surface area contributed by atoms with Crippen molar-refractivity contribution >= 4 is 16.8 Å². The molecule has 1 atom stereocenters. The fourth-order valence-corrected chi connectivity index (χ4v) is 1.04. The smallest absolute Gasteiger partial charge is 0.149 e. The van der Waals surface area contributed by atoms with E-state index >= 15 is 0 Å². The van der Waals surface area contributed by atoms with Gasteiger partial charge in [-0.05, 0) is 13.3 Å². The van der Waals surface area contributed by atoms with Gasteiger partial charge in [0.05, 0.1) is 0 Å². The fraction of sp³-hybridized carbons (Fsp3) is 0.833. The molecule has 0 aromatic heterocycles. The molecule has 0 saturated carbocycles. The van der Waals surface area contributed by atoms with Crippen molar-refractivity contribution in [1.29, 1.82) is 0 Å². The zero-order chi connectivity index (χ0) is 6.91. The molecule has 3 heteroatoms. The van der Waals surface area contributed by atoms with Gasteiger partial charge < -0.3 is 4.84 Å². The lowest BCUT2D eigenvalue weighted by atomic mass is 10.0. The van der Waals surface area contributed by atoms with Crippen molar-refractivity contribution < 1.29 is 4.84 Å². The van der Waals surface area contributed by atoms with Crippen LogP contribution < -0.4 is 0 Å². The van der Waals surface area contributed by atoms with Crippen LogP contribution in [0.4, 0.5) is 0 Å². The van der Waals surface area contributed by atoms with E-state index in [2.05, 4.69) is 12.1 Å². The molecule has 0 radical (unpaired) electrons. The Morgan fingerprint density at radius 3 is 2.78 bits per heavy atom. The molecular weight excluding hydrogens is 138 g/mol. The third kappa shape index (κ3) is 1.36. The predicted molar refractivity (Wildman–Crippen MR) is 37.7 cm³/mol. The van der Waals surface area contributed by atoms with E-state index in [0.717, 1.165) is 12.8 Å². The summed E-state index contributed by atoms with van der Waals surface area (Å²) >= 11 is 5.60. The Balaban J connectivity index is 2.53. The number of oxime groups is 1. The average molecular weight is 148 g/mol. The van der Waals surface area contributed by atoms with Crippen LogP contribution in [0.2, 0.25) is 0 Å². The van der Waals surface area contributed by atoms with Gasteiger partial charge in [0.25, 0.3) is 0 Å². The molecule has 1 rings (SSSR count). The van der Waals surface area contributed by atoms with E-state index in [1.807, 2.05) is 6.92 Å². The maximum atomic E-state index is 5.60. The first-order chi connectivity index (χ1) is 4.16. The molecule has 9 heavy (non-hydrogen) atoms. The van der Waals surface area contributed by atoms with Crippen molar-refractivity contribution in [1.82, 2.24) is 0 Å². The van der Waals surface area contributed by atoms with E-state index < -0.39 is 0 Å². The Morgan fingerprint density at radius 1 is 1.89 bits per heavy atom. The van der Waals surface area contributed by atoms with Gasteiger partial charge in [0.2, 0.25) is 0 Å². The molecule has 1 aliphatic rings. The minimum Gasteiger partial charge on any atom is -0.388 e. The second-order valence-corrected chi connectivity index (χ2v) is 2.98.